The Balaban J connectivity index is 2.92. The molecule has 0 aliphatic carbocycles. The third kappa shape index (κ3) is 3.18. The molecule has 0 aliphatic rings. The Kier molecular flexibility index (Phi) is 5.22. The van der Waals surface area contributed by atoms with Crippen molar-refractivity contribution in [2.24, 2.45) is 0 Å². The summed E-state index contributed by atoms with van der Waals surface area (Å²) in [6.07, 6.45) is 0. The van der Waals surface area contributed by atoms with E-state index < -0.39 is 16.7 Å². The van der Waals surface area contributed by atoms with Gasteiger partial charge in [-0.3, -0.25) is 4.79 Å². The lowest BCUT2D eigenvalue weighted by atomic mass is 10.4. The van der Waals surface area contributed by atoms with Crippen LogP contribution in [0.3, 0.4) is 0 Å². The number of likely N-dealkylation sites (N-methyl/N-ethyl adjacent to an activating group) is 1. The zero-order valence-corrected chi connectivity index (χ0v) is 10.3. The van der Waals surface area contributed by atoms with Crippen LogP contribution in [0.1, 0.15) is 6.92 Å². The van der Waals surface area contributed by atoms with Gasteiger partial charge in [0.2, 0.25) is 0 Å². The van der Waals surface area contributed by atoms with Crippen LogP contribution in [0.2, 0.25) is 0 Å². The fourth-order valence-electron chi connectivity index (χ4n) is 1.09. The Labute approximate surface area is 102 Å². The molecular weight excluding hydrogens is 246 g/mol. The predicted octanol–water partition coefficient (Wildman–Crippen LogP) is 2.01. The predicted molar refractivity (Wildman–Crippen MR) is 65.5 cm³/mol. The second kappa shape index (κ2) is 6.45. The summed E-state index contributed by atoms with van der Waals surface area (Å²) in [5, 5.41) is 2.56. The van der Waals surface area contributed by atoms with E-state index in [4.69, 9.17) is 11.6 Å². The number of rotatable bonds is 4. The average molecular weight is 258 g/mol. The smallest absolute Gasteiger partial charge is 0.261 e. The fraction of sp³-hybridized carbons (Fsp3) is 0.182. The van der Waals surface area contributed by atoms with Crippen LogP contribution < -0.4 is 5.32 Å². The maximum atomic E-state index is 12.0. The van der Waals surface area contributed by atoms with Gasteiger partial charge in [-0.15, -0.1) is 0 Å². The molecule has 3 nitrogen and oxygen atoms in total. The molecule has 1 amide bonds. The highest BCUT2D eigenvalue weighted by atomic mass is 35.5. The molecular formula is C11H12ClNO2S. The molecule has 16 heavy (non-hydrogen) atoms. The molecule has 0 spiro atoms. The summed E-state index contributed by atoms with van der Waals surface area (Å²) in [4.78, 5) is 12.2. The molecule has 86 valence electrons. The number of amides is 1. The molecule has 0 bridgehead atoms. The van der Waals surface area contributed by atoms with Gasteiger partial charge in [-0.05, 0) is 19.1 Å². The molecule has 1 aromatic rings. The van der Waals surface area contributed by atoms with Gasteiger partial charge in [0.1, 0.15) is 4.91 Å². The van der Waals surface area contributed by atoms with Gasteiger partial charge in [0, 0.05) is 17.0 Å². The molecule has 1 aromatic carbocycles. The van der Waals surface area contributed by atoms with Crippen LogP contribution in [0.25, 0.3) is 0 Å². The van der Waals surface area contributed by atoms with Crippen LogP contribution in [0, 0.1) is 0 Å². The molecule has 0 aromatic heterocycles. The molecule has 1 atom stereocenters. The minimum atomic E-state index is -1.54. The maximum absolute atomic E-state index is 12.0. The standard InChI is InChI=1S/C11H12ClNO2S/c1-2-13-11(14)10(8-12)16(15)9-6-4-3-5-7-9/h3-8H,2H2,1H3,(H,13,14)/b10-8-. The molecule has 1 rings (SSSR count). The van der Waals surface area contributed by atoms with Crippen LogP contribution in [0.4, 0.5) is 0 Å². The number of hydrogen-bond donors (Lipinski definition) is 1. The second-order valence-electron chi connectivity index (χ2n) is 2.91. The Morgan fingerprint density at radius 3 is 2.56 bits per heavy atom. The summed E-state index contributed by atoms with van der Waals surface area (Å²) in [6, 6.07) is 8.72. The summed E-state index contributed by atoms with van der Waals surface area (Å²) < 4.78 is 12.0. The number of nitrogens with one attached hydrogen (secondary N) is 1. The van der Waals surface area contributed by atoms with Crippen LogP contribution in [0.5, 0.6) is 0 Å². The van der Waals surface area contributed by atoms with E-state index in [0.717, 1.165) is 5.54 Å². The van der Waals surface area contributed by atoms with Crippen molar-refractivity contribution in [3.05, 3.63) is 40.8 Å². The zero-order chi connectivity index (χ0) is 12.0. The van der Waals surface area contributed by atoms with E-state index in [9.17, 15) is 9.00 Å². The van der Waals surface area contributed by atoms with Crippen molar-refractivity contribution in [2.45, 2.75) is 11.8 Å². The molecule has 5 heteroatoms. The highest BCUT2D eigenvalue weighted by molar-refractivity contribution is 7.90. The molecule has 0 aliphatic heterocycles. The monoisotopic (exact) mass is 257 g/mol. The first-order chi connectivity index (χ1) is 7.70. The van der Waals surface area contributed by atoms with Gasteiger partial charge in [0.05, 0.1) is 10.8 Å². The van der Waals surface area contributed by atoms with Crippen LogP contribution in [-0.2, 0) is 15.6 Å². The summed E-state index contributed by atoms with van der Waals surface area (Å²) in [6.45, 7) is 2.26. The molecule has 0 radical (unpaired) electrons. The quantitative estimate of drug-likeness (QED) is 0.839. The van der Waals surface area contributed by atoms with E-state index in [1.165, 1.54) is 0 Å². The van der Waals surface area contributed by atoms with Gasteiger partial charge in [-0.1, -0.05) is 29.8 Å². The van der Waals surface area contributed by atoms with Crippen LogP contribution >= 0.6 is 11.6 Å². The number of carbonyl (C=O) groups is 1. The van der Waals surface area contributed by atoms with Crippen molar-refractivity contribution in [2.75, 3.05) is 6.54 Å². The second-order valence-corrected chi connectivity index (χ2v) is 4.58. The lowest BCUT2D eigenvalue weighted by molar-refractivity contribution is -0.116. The van der Waals surface area contributed by atoms with Crippen molar-refractivity contribution in [1.29, 1.82) is 0 Å². The van der Waals surface area contributed by atoms with Gasteiger partial charge in [-0.25, -0.2) is 4.21 Å². The summed E-state index contributed by atoms with van der Waals surface area (Å²) in [5.41, 5.74) is 1.06. The number of halogens is 1. The van der Waals surface area contributed by atoms with Gasteiger partial charge in [0.25, 0.3) is 5.91 Å². The summed E-state index contributed by atoms with van der Waals surface area (Å²) in [5.74, 6) is -0.403. The number of carbonyl (C=O) groups excluding carboxylic acids is 1. The summed E-state index contributed by atoms with van der Waals surface area (Å²) in [7, 11) is -1.54. The number of hydrogen-bond acceptors (Lipinski definition) is 2. The minimum Gasteiger partial charge on any atom is -0.352 e. The Morgan fingerprint density at radius 2 is 2.06 bits per heavy atom. The first-order valence-corrected chi connectivity index (χ1v) is 6.34. The van der Waals surface area contributed by atoms with Crippen molar-refractivity contribution in [1.82, 2.24) is 5.32 Å². The molecule has 1 N–H and O–H groups in total. The van der Waals surface area contributed by atoms with E-state index in [1.807, 2.05) is 6.07 Å². The molecule has 0 heterocycles. The largest absolute Gasteiger partial charge is 0.352 e. The van der Waals surface area contributed by atoms with E-state index >= 15 is 0 Å². The van der Waals surface area contributed by atoms with E-state index in [2.05, 4.69) is 5.32 Å². The average Bonchev–Trinajstić information content (AvgIpc) is 2.31. The van der Waals surface area contributed by atoms with Gasteiger partial charge >= 0.3 is 0 Å². The highest BCUT2D eigenvalue weighted by Crippen LogP contribution is 2.14. The molecule has 1 unspecified atom stereocenters. The van der Waals surface area contributed by atoms with Crippen molar-refractivity contribution in [3.8, 4) is 0 Å². The Hall–Kier alpha value is -1.13. The van der Waals surface area contributed by atoms with Crippen molar-refractivity contribution >= 4 is 28.3 Å². The highest BCUT2D eigenvalue weighted by Gasteiger charge is 2.17. The molecule has 0 saturated heterocycles. The van der Waals surface area contributed by atoms with E-state index in [-0.39, 0.29) is 4.91 Å². The third-order valence-electron chi connectivity index (χ3n) is 1.82. The van der Waals surface area contributed by atoms with Gasteiger partial charge < -0.3 is 5.32 Å². The maximum Gasteiger partial charge on any atom is 0.261 e. The van der Waals surface area contributed by atoms with Gasteiger partial charge in [0.15, 0.2) is 0 Å². The lowest BCUT2D eigenvalue weighted by Crippen LogP contribution is -2.26. The minimum absolute atomic E-state index is 0.0646. The first kappa shape index (κ1) is 12.9. The summed E-state index contributed by atoms with van der Waals surface area (Å²) >= 11 is 5.53. The molecule has 0 saturated carbocycles. The fourth-order valence-corrected chi connectivity index (χ4v) is 2.41. The van der Waals surface area contributed by atoms with E-state index in [1.54, 1.807) is 31.2 Å². The SMILES string of the molecule is CCNC(=O)/C(=C/Cl)S(=O)c1ccccc1. The number of benzene rings is 1. The Bertz CT molecular complexity index is 417. The first-order valence-electron chi connectivity index (χ1n) is 4.76. The third-order valence-corrected chi connectivity index (χ3v) is 3.57. The lowest BCUT2D eigenvalue weighted by Gasteiger charge is -2.06. The molecule has 0 fully saturated rings. The zero-order valence-electron chi connectivity index (χ0n) is 8.77. The van der Waals surface area contributed by atoms with Crippen molar-refractivity contribution < 1.29 is 9.00 Å². The van der Waals surface area contributed by atoms with Gasteiger partial charge in [-0.2, -0.15) is 0 Å². The normalized spacial score (nSPS) is 13.2. The van der Waals surface area contributed by atoms with Crippen LogP contribution in [-0.4, -0.2) is 16.7 Å². The van der Waals surface area contributed by atoms with Crippen LogP contribution in [0.15, 0.2) is 45.7 Å². The van der Waals surface area contributed by atoms with Crippen molar-refractivity contribution in [3.63, 3.8) is 0 Å². The topological polar surface area (TPSA) is 46.2 Å². The van der Waals surface area contributed by atoms with E-state index in [0.29, 0.717) is 11.4 Å². The Morgan fingerprint density at radius 1 is 1.44 bits per heavy atom.